The van der Waals surface area contributed by atoms with Crippen LogP contribution in [0.15, 0.2) is 24.3 Å². The third kappa shape index (κ3) is 4.36. The summed E-state index contributed by atoms with van der Waals surface area (Å²) in [6.07, 6.45) is 0. The third-order valence-electron chi connectivity index (χ3n) is 3.23. The standard InChI is InChI=1S/C15H18Cl2N4O2/c1-2-23-15(22)14-13(18-20-19-14)11-3-5-12(6-4-11)21(9-7-16)10-8-17/h3-6H,2,7-10H2,1H3,(H,18,19,20). The second kappa shape index (κ2) is 8.74. The van der Waals surface area contributed by atoms with Crippen molar-refractivity contribution >= 4 is 34.9 Å². The first-order chi connectivity index (χ1) is 11.2. The number of ether oxygens (including phenoxy) is 1. The van der Waals surface area contributed by atoms with E-state index in [2.05, 4.69) is 20.3 Å². The number of benzene rings is 1. The van der Waals surface area contributed by atoms with Crippen LogP contribution in [0.5, 0.6) is 0 Å². The molecule has 2 aromatic rings. The molecule has 1 aromatic carbocycles. The number of hydrogen-bond acceptors (Lipinski definition) is 5. The monoisotopic (exact) mass is 356 g/mol. The molecular formula is C15H18Cl2N4O2. The maximum atomic E-state index is 11.9. The van der Waals surface area contributed by atoms with E-state index in [1.807, 2.05) is 24.3 Å². The number of rotatable bonds is 8. The molecule has 0 saturated heterocycles. The number of esters is 1. The molecule has 0 fully saturated rings. The maximum absolute atomic E-state index is 11.9. The molecule has 1 aromatic heterocycles. The Bertz CT molecular complexity index is 625. The van der Waals surface area contributed by atoms with Crippen LogP contribution in [-0.4, -0.2) is 52.8 Å². The lowest BCUT2D eigenvalue weighted by Gasteiger charge is -2.22. The lowest BCUT2D eigenvalue weighted by molar-refractivity contribution is 0.0520. The summed E-state index contributed by atoms with van der Waals surface area (Å²) in [5, 5.41) is 10.4. The number of alkyl halides is 2. The lowest BCUT2D eigenvalue weighted by atomic mass is 10.1. The van der Waals surface area contributed by atoms with Crippen molar-refractivity contribution in [3.63, 3.8) is 0 Å². The highest BCUT2D eigenvalue weighted by molar-refractivity contribution is 6.18. The molecular weight excluding hydrogens is 339 g/mol. The second-order valence-corrected chi connectivity index (χ2v) is 5.41. The van der Waals surface area contributed by atoms with Crippen molar-refractivity contribution in [1.82, 2.24) is 15.4 Å². The van der Waals surface area contributed by atoms with Gasteiger partial charge in [-0.2, -0.15) is 10.3 Å². The fourth-order valence-corrected chi connectivity index (χ4v) is 2.59. The molecule has 1 heterocycles. The van der Waals surface area contributed by atoms with Crippen LogP contribution in [-0.2, 0) is 4.74 Å². The predicted molar refractivity (Wildman–Crippen MR) is 91.4 cm³/mol. The number of halogens is 2. The zero-order valence-electron chi connectivity index (χ0n) is 12.8. The first-order valence-electron chi connectivity index (χ1n) is 7.26. The van der Waals surface area contributed by atoms with Gasteiger partial charge in [-0.05, 0) is 19.1 Å². The molecule has 0 bridgehead atoms. The average Bonchev–Trinajstić information content (AvgIpc) is 3.05. The van der Waals surface area contributed by atoms with Crippen LogP contribution in [0.25, 0.3) is 11.3 Å². The molecule has 0 aliphatic heterocycles. The minimum atomic E-state index is -0.494. The molecule has 0 atom stereocenters. The zero-order valence-corrected chi connectivity index (χ0v) is 14.3. The minimum absolute atomic E-state index is 0.179. The van der Waals surface area contributed by atoms with E-state index in [1.54, 1.807) is 6.92 Å². The van der Waals surface area contributed by atoms with Gasteiger partial charge >= 0.3 is 5.97 Å². The number of carbonyl (C=O) groups is 1. The molecule has 23 heavy (non-hydrogen) atoms. The van der Waals surface area contributed by atoms with Gasteiger partial charge in [-0.15, -0.1) is 28.3 Å². The highest BCUT2D eigenvalue weighted by Crippen LogP contribution is 2.24. The molecule has 0 aliphatic rings. The van der Waals surface area contributed by atoms with E-state index in [-0.39, 0.29) is 12.3 Å². The Morgan fingerprint density at radius 1 is 1.17 bits per heavy atom. The molecule has 0 amide bonds. The number of anilines is 1. The smallest absolute Gasteiger partial charge is 0.361 e. The molecule has 0 aliphatic carbocycles. The highest BCUT2D eigenvalue weighted by atomic mass is 35.5. The van der Waals surface area contributed by atoms with Crippen LogP contribution < -0.4 is 4.90 Å². The second-order valence-electron chi connectivity index (χ2n) is 4.65. The Hall–Kier alpha value is -1.79. The van der Waals surface area contributed by atoms with E-state index in [4.69, 9.17) is 27.9 Å². The Kier molecular flexibility index (Phi) is 6.67. The molecule has 0 unspecified atom stereocenters. The Morgan fingerprint density at radius 2 is 1.83 bits per heavy atom. The SMILES string of the molecule is CCOC(=O)c1n[nH]nc1-c1ccc(N(CCCl)CCCl)cc1. The lowest BCUT2D eigenvalue weighted by Crippen LogP contribution is -2.27. The number of aromatic nitrogens is 3. The summed E-state index contributed by atoms with van der Waals surface area (Å²) >= 11 is 11.6. The molecule has 0 spiro atoms. The van der Waals surface area contributed by atoms with Crippen molar-refractivity contribution in [2.24, 2.45) is 0 Å². The average molecular weight is 357 g/mol. The van der Waals surface area contributed by atoms with Gasteiger partial charge in [0.15, 0.2) is 5.69 Å². The van der Waals surface area contributed by atoms with Gasteiger partial charge in [0, 0.05) is 36.1 Å². The number of nitrogens with zero attached hydrogens (tertiary/aromatic N) is 3. The van der Waals surface area contributed by atoms with Gasteiger partial charge in [0.1, 0.15) is 5.69 Å². The van der Waals surface area contributed by atoms with Gasteiger partial charge < -0.3 is 9.64 Å². The van der Waals surface area contributed by atoms with Crippen molar-refractivity contribution in [3.8, 4) is 11.3 Å². The van der Waals surface area contributed by atoms with Crippen molar-refractivity contribution < 1.29 is 9.53 Å². The van der Waals surface area contributed by atoms with Crippen LogP contribution in [0.3, 0.4) is 0 Å². The van der Waals surface area contributed by atoms with Gasteiger partial charge in [0.25, 0.3) is 0 Å². The van der Waals surface area contributed by atoms with Crippen molar-refractivity contribution in [2.45, 2.75) is 6.92 Å². The fraction of sp³-hybridized carbons (Fsp3) is 0.400. The quantitative estimate of drug-likeness (QED) is 0.581. The summed E-state index contributed by atoms with van der Waals surface area (Å²) < 4.78 is 4.98. The van der Waals surface area contributed by atoms with Gasteiger partial charge in [-0.25, -0.2) is 4.79 Å². The van der Waals surface area contributed by atoms with Crippen LogP contribution in [0.4, 0.5) is 5.69 Å². The van der Waals surface area contributed by atoms with Crippen LogP contribution >= 0.6 is 23.2 Å². The molecule has 6 nitrogen and oxygen atoms in total. The fourth-order valence-electron chi connectivity index (χ4n) is 2.18. The van der Waals surface area contributed by atoms with E-state index >= 15 is 0 Å². The number of hydrogen-bond donors (Lipinski definition) is 1. The van der Waals surface area contributed by atoms with Crippen molar-refractivity contribution in [2.75, 3.05) is 36.4 Å². The van der Waals surface area contributed by atoms with Gasteiger partial charge in [0.2, 0.25) is 0 Å². The molecule has 8 heteroatoms. The van der Waals surface area contributed by atoms with E-state index in [0.29, 0.717) is 30.5 Å². The molecule has 2 rings (SSSR count). The van der Waals surface area contributed by atoms with Gasteiger partial charge in [0.05, 0.1) is 6.61 Å². The number of carbonyl (C=O) groups excluding carboxylic acids is 1. The third-order valence-corrected chi connectivity index (χ3v) is 3.57. The van der Waals surface area contributed by atoms with E-state index < -0.39 is 5.97 Å². The summed E-state index contributed by atoms with van der Waals surface area (Å²) in [6, 6.07) is 7.65. The van der Waals surface area contributed by atoms with E-state index in [1.165, 1.54) is 0 Å². The first-order valence-corrected chi connectivity index (χ1v) is 8.33. The summed E-state index contributed by atoms with van der Waals surface area (Å²) in [5.74, 6) is 0.551. The number of H-pyrrole nitrogens is 1. The zero-order chi connectivity index (χ0) is 16.7. The minimum Gasteiger partial charge on any atom is -0.461 e. The summed E-state index contributed by atoms with van der Waals surface area (Å²) in [6.45, 7) is 3.46. The molecule has 0 saturated carbocycles. The Morgan fingerprint density at radius 3 is 2.39 bits per heavy atom. The van der Waals surface area contributed by atoms with E-state index in [9.17, 15) is 4.79 Å². The maximum Gasteiger partial charge on any atom is 0.361 e. The van der Waals surface area contributed by atoms with Crippen molar-refractivity contribution in [3.05, 3.63) is 30.0 Å². The Labute approximate surface area is 144 Å². The normalized spacial score (nSPS) is 10.6. The molecule has 1 N–H and O–H groups in total. The molecule has 124 valence electrons. The van der Waals surface area contributed by atoms with Gasteiger partial charge in [-0.1, -0.05) is 12.1 Å². The van der Waals surface area contributed by atoms with Crippen LogP contribution in [0.1, 0.15) is 17.4 Å². The Balaban J connectivity index is 2.23. The summed E-state index contributed by atoms with van der Waals surface area (Å²) in [4.78, 5) is 14.0. The first kappa shape index (κ1) is 17.6. The predicted octanol–water partition coefficient (Wildman–Crippen LogP) is 2.93. The topological polar surface area (TPSA) is 71.1 Å². The highest BCUT2D eigenvalue weighted by Gasteiger charge is 2.19. The summed E-state index contributed by atoms with van der Waals surface area (Å²) in [5.41, 5.74) is 2.44. The largest absolute Gasteiger partial charge is 0.461 e. The van der Waals surface area contributed by atoms with Crippen LogP contribution in [0.2, 0.25) is 0 Å². The number of aromatic amines is 1. The van der Waals surface area contributed by atoms with E-state index in [0.717, 1.165) is 11.3 Å². The van der Waals surface area contributed by atoms with Gasteiger partial charge in [-0.3, -0.25) is 0 Å². The number of nitrogens with one attached hydrogen (secondary N) is 1. The van der Waals surface area contributed by atoms with Crippen molar-refractivity contribution in [1.29, 1.82) is 0 Å². The molecule has 0 radical (unpaired) electrons. The van der Waals surface area contributed by atoms with Crippen LogP contribution in [0, 0.1) is 0 Å². The summed E-state index contributed by atoms with van der Waals surface area (Å²) in [7, 11) is 0.